The van der Waals surface area contributed by atoms with E-state index in [1.54, 1.807) is 34.9 Å². The summed E-state index contributed by atoms with van der Waals surface area (Å²) in [6, 6.07) is 17.4. The van der Waals surface area contributed by atoms with Crippen molar-refractivity contribution < 1.29 is 16.8 Å². The van der Waals surface area contributed by atoms with Crippen molar-refractivity contribution in [1.29, 1.82) is 0 Å². The standard InChI is InChI=1S/C24H23ClN2O5S3/c1-3-21(17-6-10-19(11-7-17)34(2,29)30)26-35(31,32)20-12-13-22-23(14-20)33-24(28)27(22)15-16-4-8-18(25)9-5-16/h4-14,21,26H,3,15H2,1-2H3/t21-/m1/s1. The summed E-state index contributed by atoms with van der Waals surface area (Å²) in [6.07, 6.45) is 1.58. The van der Waals surface area contributed by atoms with E-state index in [2.05, 4.69) is 4.72 Å². The predicted octanol–water partition coefficient (Wildman–Crippen LogP) is 4.60. The molecule has 7 nitrogen and oxygen atoms in total. The largest absolute Gasteiger partial charge is 0.308 e. The van der Waals surface area contributed by atoms with Crippen LogP contribution in [0.15, 0.2) is 81.3 Å². The van der Waals surface area contributed by atoms with Gasteiger partial charge in [0.1, 0.15) is 0 Å². The van der Waals surface area contributed by atoms with Crippen LogP contribution in [-0.2, 0) is 26.4 Å². The van der Waals surface area contributed by atoms with E-state index in [4.69, 9.17) is 11.6 Å². The fourth-order valence-corrected chi connectivity index (χ4v) is 6.82. The maximum atomic E-state index is 13.2. The molecule has 0 spiro atoms. The number of nitrogens with one attached hydrogen (secondary N) is 1. The highest BCUT2D eigenvalue weighted by Gasteiger charge is 2.22. The molecule has 0 aliphatic heterocycles. The molecule has 4 rings (SSSR count). The molecular weight excluding hydrogens is 528 g/mol. The Hall–Kier alpha value is -2.50. The van der Waals surface area contributed by atoms with E-state index < -0.39 is 25.9 Å². The van der Waals surface area contributed by atoms with Crippen molar-refractivity contribution in [2.45, 2.75) is 35.7 Å². The van der Waals surface area contributed by atoms with E-state index in [1.165, 1.54) is 24.3 Å². The fourth-order valence-electron chi connectivity index (χ4n) is 3.73. The molecule has 1 aromatic heterocycles. The van der Waals surface area contributed by atoms with E-state index in [-0.39, 0.29) is 14.7 Å². The molecule has 1 heterocycles. The lowest BCUT2D eigenvalue weighted by Crippen LogP contribution is -2.28. The summed E-state index contributed by atoms with van der Waals surface area (Å²) in [5, 5.41) is 0.607. The third-order valence-corrected chi connectivity index (χ3v) is 9.41. The van der Waals surface area contributed by atoms with Crippen molar-refractivity contribution in [3.63, 3.8) is 0 Å². The van der Waals surface area contributed by atoms with Crippen LogP contribution >= 0.6 is 22.9 Å². The summed E-state index contributed by atoms with van der Waals surface area (Å²) in [5.41, 5.74) is 2.21. The van der Waals surface area contributed by atoms with Crippen molar-refractivity contribution in [3.05, 3.63) is 92.5 Å². The van der Waals surface area contributed by atoms with Crippen molar-refractivity contribution in [2.24, 2.45) is 0 Å². The summed E-state index contributed by atoms with van der Waals surface area (Å²) in [7, 11) is -7.25. The smallest absolute Gasteiger partial charge is 0.294 e. The van der Waals surface area contributed by atoms with E-state index in [9.17, 15) is 21.6 Å². The predicted molar refractivity (Wildman–Crippen MR) is 140 cm³/mol. The normalized spacial score (nSPS) is 13.2. The van der Waals surface area contributed by atoms with Gasteiger partial charge in [-0.2, -0.15) is 0 Å². The number of halogens is 1. The third-order valence-electron chi connectivity index (χ3n) is 5.62. The number of aromatic nitrogens is 1. The van der Waals surface area contributed by atoms with E-state index in [1.807, 2.05) is 19.1 Å². The molecule has 1 atom stereocenters. The van der Waals surface area contributed by atoms with Crippen LogP contribution in [0.1, 0.15) is 30.5 Å². The zero-order chi connectivity index (χ0) is 25.4. The van der Waals surface area contributed by atoms with Crippen molar-refractivity contribution in [3.8, 4) is 0 Å². The number of hydrogen-bond acceptors (Lipinski definition) is 6. The number of fused-ring (bicyclic) bond motifs is 1. The highest BCUT2D eigenvalue weighted by molar-refractivity contribution is 7.90. The van der Waals surface area contributed by atoms with Gasteiger partial charge in [-0.25, -0.2) is 21.6 Å². The van der Waals surface area contributed by atoms with Crippen LogP contribution in [0.4, 0.5) is 0 Å². The number of sulfonamides is 1. The first-order chi connectivity index (χ1) is 16.5. The Bertz CT molecular complexity index is 1640. The molecule has 184 valence electrons. The quantitative estimate of drug-likeness (QED) is 0.345. The lowest BCUT2D eigenvalue weighted by atomic mass is 10.1. The van der Waals surface area contributed by atoms with Crippen molar-refractivity contribution >= 4 is 53.0 Å². The minimum Gasteiger partial charge on any atom is -0.294 e. The van der Waals surface area contributed by atoms with Gasteiger partial charge in [0.05, 0.1) is 26.6 Å². The molecule has 0 saturated carbocycles. The van der Waals surface area contributed by atoms with Crippen LogP contribution in [0, 0.1) is 0 Å². The van der Waals surface area contributed by atoms with Crippen LogP contribution in [0.2, 0.25) is 5.02 Å². The lowest BCUT2D eigenvalue weighted by molar-refractivity contribution is 0.550. The molecule has 11 heteroatoms. The monoisotopic (exact) mass is 550 g/mol. The molecule has 0 radical (unpaired) electrons. The van der Waals surface area contributed by atoms with Gasteiger partial charge >= 0.3 is 4.87 Å². The van der Waals surface area contributed by atoms with Crippen LogP contribution in [0.25, 0.3) is 10.2 Å². The van der Waals surface area contributed by atoms with Gasteiger partial charge in [0.2, 0.25) is 10.0 Å². The molecular formula is C24H23ClN2O5S3. The van der Waals surface area contributed by atoms with Gasteiger partial charge in [0, 0.05) is 17.3 Å². The summed E-state index contributed by atoms with van der Waals surface area (Å²) in [4.78, 5) is 12.7. The second-order valence-corrected chi connectivity index (χ2v) is 13.3. The highest BCUT2D eigenvalue weighted by Crippen LogP contribution is 2.26. The van der Waals surface area contributed by atoms with Gasteiger partial charge in [0.25, 0.3) is 0 Å². The van der Waals surface area contributed by atoms with Crippen LogP contribution in [0.3, 0.4) is 0 Å². The van der Waals surface area contributed by atoms with Crippen LogP contribution < -0.4 is 9.60 Å². The Morgan fingerprint density at radius 1 is 0.943 bits per heavy atom. The number of nitrogens with zero attached hydrogens (tertiary/aromatic N) is 1. The molecule has 0 bridgehead atoms. The minimum atomic E-state index is -3.90. The number of hydrogen-bond donors (Lipinski definition) is 1. The Labute approximate surface area is 213 Å². The topological polar surface area (TPSA) is 102 Å². The maximum Gasteiger partial charge on any atom is 0.308 e. The molecule has 3 aromatic carbocycles. The maximum absolute atomic E-state index is 13.2. The Morgan fingerprint density at radius 3 is 2.17 bits per heavy atom. The van der Waals surface area contributed by atoms with E-state index >= 15 is 0 Å². The lowest BCUT2D eigenvalue weighted by Gasteiger charge is -2.18. The first kappa shape index (κ1) is 25.6. The number of benzene rings is 3. The van der Waals surface area contributed by atoms with Gasteiger partial charge in [0.15, 0.2) is 9.84 Å². The first-order valence-electron chi connectivity index (χ1n) is 10.7. The summed E-state index contributed by atoms with van der Waals surface area (Å²) >= 11 is 6.93. The number of sulfone groups is 1. The van der Waals surface area contributed by atoms with Gasteiger partial charge in [-0.15, -0.1) is 0 Å². The molecule has 0 aliphatic carbocycles. The summed E-state index contributed by atoms with van der Waals surface area (Å²) in [6.45, 7) is 2.19. The Balaban J connectivity index is 1.61. The Morgan fingerprint density at radius 2 is 1.57 bits per heavy atom. The molecule has 1 N–H and O–H groups in total. The van der Waals surface area contributed by atoms with Gasteiger partial charge < -0.3 is 0 Å². The van der Waals surface area contributed by atoms with Gasteiger partial charge in [-0.3, -0.25) is 9.36 Å². The fraction of sp³-hybridized carbons (Fsp3) is 0.208. The van der Waals surface area contributed by atoms with Crippen LogP contribution in [0.5, 0.6) is 0 Å². The SMILES string of the molecule is CC[C@@H](NS(=O)(=O)c1ccc2c(c1)sc(=O)n2Cc1ccc(Cl)cc1)c1ccc(S(C)(=O)=O)cc1. The van der Waals surface area contributed by atoms with Gasteiger partial charge in [-0.05, 0) is 60.0 Å². The average Bonchev–Trinajstić information content (AvgIpc) is 3.12. The minimum absolute atomic E-state index is 0.0519. The molecule has 0 saturated heterocycles. The van der Waals surface area contributed by atoms with E-state index in [0.717, 1.165) is 23.2 Å². The summed E-state index contributed by atoms with van der Waals surface area (Å²) < 4.78 is 54.6. The molecule has 35 heavy (non-hydrogen) atoms. The highest BCUT2D eigenvalue weighted by atomic mass is 35.5. The molecule has 0 unspecified atom stereocenters. The number of rotatable bonds is 8. The zero-order valence-corrected chi connectivity index (χ0v) is 22.1. The summed E-state index contributed by atoms with van der Waals surface area (Å²) in [5.74, 6) is 0. The van der Waals surface area contributed by atoms with Crippen molar-refractivity contribution in [2.75, 3.05) is 6.26 Å². The molecule has 4 aromatic rings. The first-order valence-corrected chi connectivity index (χ1v) is 15.2. The Kier molecular flexibility index (Phi) is 7.21. The molecule has 0 fully saturated rings. The average molecular weight is 551 g/mol. The second kappa shape index (κ2) is 9.87. The molecule has 0 aliphatic rings. The van der Waals surface area contributed by atoms with E-state index in [0.29, 0.717) is 33.8 Å². The van der Waals surface area contributed by atoms with Gasteiger partial charge in [-0.1, -0.05) is 54.1 Å². The zero-order valence-electron chi connectivity index (χ0n) is 18.9. The molecule has 0 amide bonds. The van der Waals surface area contributed by atoms with Crippen molar-refractivity contribution in [1.82, 2.24) is 9.29 Å². The third kappa shape index (κ3) is 5.68. The number of thiazole rings is 1. The van der Waals surface area contributed by atoms with Crippen LogP contribution in [-0.4, -0.2) is 27.7 Å². The second-order valence-electron chi connectivity index (χ2n) is 8.13.